The van der Waals surface area contributed by atoms with E-state index in [9.17, 15) is 5.11 Å². The molecule has 0 saturated heterocycles. The van der Waals surface area contributed by atoms with E-state index in [-0.39, 0.29) is 6.61 Å². The highest BCUT2D eigenvalue weighted by Gasteiger charge is 2.10. The summed E-state index contributed by atoms with van der Waals surface area (Å²) in [5, 5.41) is 18.3. The van der Waals surface area contributed by atoms with Crippen molar-refractivity contribution in [2.75, 3.05) is 6.61 Å². The van der Waals surface area contributed by atoms with Crippen molar-refractivity contribution in [2.45, 2.75) is 65.4 Å². The van der Waals surface area contributed by atoms with Crippen molar-refractivity contribution >= 4 is 0 Å². The summed E-state index contributed by atoms with van der Waals surface area (Å²) in [5.41, 5.74) is 2.10. The predicted octanol–water partition coefficient (Wildman–Crippen LogP) is 3.59. The number of hydrogen-bond acceptors (Lipinski definition) is 2. The van der Waals surface area contributed by atoms with Gasteiger partial charge in [-0.3, -0.25) is 0 Å². The van der Waals surface area contributed by atoms with E-state index >= 15 is 0 Å². The molecule has 0 spiro atoms. The van der Waals surface area contributed by atoms with Gasteiger partial charge in [-0.1, -0.05) is 23.3 Å². The first-order valence-corrected chi connectivity index (χ1v) is 6.49. The van der Waals surface area contributed by atoms with Crippen molar-refractivity contribution in [3.8, 4) is 0 Å². The van der Waals surface area contributed by atoms with Crippen LogP contribution in [0.15, 0.2) is 23.3 Å². The monoisotopic (exact) mass is 240 g/mol. The Hall–Kier alpha value is -0.600. The van der Waals surface area contributed by atoms with Crippen molar-refractivity contribution in [1.29, 1.82) is 0 Å². The van der Waals surface area contributed by atoms with Crippen LogP contribution in [0, 0.1) is 0 Å². The van der Waals surface area contributed by atoms with Gasteiger partial charge in [-0.25, -0.2) is 0 Å². The Morgan fingerprint density at radius 1 is 1.06 bits per heavy atom. The van der Waals surface area contributed by atoms with Crippen LogP contribution in [0.5, 0.6) is 0 Å². The molecule has 0 aromatic rings. The second-order valence-electron chi connectivity index (χ2n) is 5.49. The molecule has 0 aromatic heterocycles. The molecule has 0 aliphatic heterocycles. The van der Waals surface area contributed by atoms with Gasteiger partial charge >= 0.3 is 0 Å². The summed E-state index contributed by atoms with van der Waals surface area (Å²) < 4.78 is 0. The second-order valence-corrected chi connectivity index (χ2v) is 5.49. The largest absolute Gasteiger partial charge is 0.392 e. The maximum atomic E-state index is 9.59. The molecule has 0 aromatic carbocycles. The van der Waals surface area contributed by atoms with Gasteiger partial charge in [0.15, 0.2) is 0 Å². The molecule has 0 bridgehead atoms. The van der Waals surface area contributed by atoms with Crippen LogP contribution in [0.25, 0.3) is 0 Å². The third-order valence-electron chi connectivity index (χ3n) is 2.83. The Morgan fingerprint density at radius 3 is 2.18 bits per heavy atom. The lowest BCUT2D eigenvalue weighted by atomic mass is 9.99. The molecule has 0 aliphatic carbocycles. The van der Waals surface area contributed by atoms with E-state index in [1.807, 2.05) is 26.8 Å². The molecule has 0 amide bonds. The molecular weight excluding hydrogens is 212 g/mol. The van der Waals surface area contributed by atoms with Gasteiger partial charge in [-0.2, -0.15) is 0 Å². The van der Waals surface area contributed by atoms with Gasteiger partial charge in [0.05, 0.1) is 12.2 Å². The minimum Gasteiger partial charge on any atom is -0.392 e. The summed E-state index contributed by atoms with van der Waals surface area (Å²) in [7, 11) is 0. The zero-order valence-electron chi connectivity index (χ0n) is 11.8. The lowest BCUT2D eigenvalue weighted by molar-refractivity contribution is 0.0689. The first kappa shape index (κ1) is 16.4. The normalized spacial score (nSPS) is 14.2. The van der Waals surface area contributed by atoms with Crippen LogP contribution in [-0.4, -0.2) is 22.4 Å². The van der Waals surface area contributed by atoms with Crippen molar-refractivity contribution < 1.29 is 10.2 Å². The third kappa shape index (κ3) is 11.7. The minimum atomic E-state index is -0.541. The van der Waals surface area contributed by atoms with Crippen LogP contribution in [0.4, 0.5) is 0 Å². The highest BCUT2D eigenvalue weighted by molar-refractivity contribution is 5.03. The molecule has 0 saturated carbocycles. The third-order valence-corrected chi connectivity index (χ3v) is 2.83. The minimum absolute atomic E-state index is 0.139. The maximum absolute atomic E-state index is 9.59. The van der Waals surface area contributed by atoms with Crippen LogP contribution in [0.2, 0.25) is 0 Å². The average Bonchev–Trinajstić information content (AvgIpc) is 2.16. The zero-order valence-corrected chi connectivity index (χ0v) is 11.8. The Balaban J connectivity index is 3.76. The predicted molar refractivity (Wildman–Crippen MR) is 74.0 cm³/mol. The Bertz CT molecular complexity index is 257. The average molecular weight is 240 g/mol. The SMILES string of the molecule is C/C(=C\CO)CC/C=C(\C)CCCC(C)(C)O. The van der Waals surface area contributed by atoms with E-state index < -0.39 is 5.60 Å². The Kier molecular flexibility index (Phi) is 8.19. The molecule has 100 valence electrons. The van der Waals surface area contributed by atoms with Gasteiger partial charge in [0.2, 0.25) is 0 Å². The van der Waals surface area contributed by atoms with Gasteiger partial charge in [-0.05, 0) is 59.8 Å². The Morgan fingerprint density at radius 2 is 1.65 bits per heavy atom. The van der Waals surface area contributed by atoms with E-state index in [1.165, 1.54) is 11.1 Å². The first-order chi connectivity index (χ1) is 7.85. The standard InChI is InChI=1S/C15H28O2/c1-13(9-6-11-15(3,4)17)7-5-8-14(2)10-12-16/h7,10,16-17H,5-6,8-9,11-12H2,1-4H3/b13-7+,14-10+. The maximum Gasteiger partial charge on any atom is 0.0614 e. The molecule has 17 heavy (non-hydrogen) atoms. The van der Waals surface area contributed by atoms with Crippen molar-refractivity contribution in [1.82, 2.24) is 0 Å². The zero-order chi connectivity index (χ0) is 13.3. The first-order valence-electron chi connectivity index (χ1n) is 6.49. The highest BCUT2D eigenvalue weighted by Crippen LogP contribution is 2.16. The molecule has 0 atom stereocenters. The van der Waals surface area contributed by atoms with Crippen LogP contribution in [0.3, 0.4) is 0 Å². The quantitative estimate of drug-likeness (QED) is 0.636. The van der Waals surface area contributed by atoms with Crippen LogP contribution >= 0.6 is 0 Å². The smallest absolute Gasteiger partial charge is 0.0614 e. The van der Waals surface area contributed by atoms with Crippen LogP contribution < -0.4 is 0 Å². The van der Waals surface area contributed by atoms with Gasteiger partial charge in [-0.15, -0.1) is 0 Å². The molecule has 0 heterocycles. The lowest BCUT2D eigenvalue weighted by Crippen LogP contribution is -2.17. The van der Waals surface area contributed by atoms with Gasteiger partial charge in [0.1, 0.15) is 0 Å². The molecule has 2 heteroatoms. The van der Waals surface area contributed by atoms with E-state index in [1.54, 1.807) is 0 Å². The van der Waals surface area contributed by atoms with Crippen LogP contribution in [0.1, 0.15) is 59.8 Å². The summed E-state index contributed by atoms with van der Waals surface area (Å²) >= 11 is 0. The van der Waals surface area contributed by atoms with Crippen molar-refractivity contribution in [2.24, 2.45) is 0 Å². The number of allylic oxidation sites excluding steroid dienone is 3. The molecular formula is C15H28O2. The van der Waals surface area contributed by atoms with E-state index in [2.05, 4.69) is 13.0 Å². The number of hydrogen-bond donors (Lipinski definition) is 2. The van der Waals surface area contributed by atoms with Gasteiger partial charge in [0.25, 0.3) is 0 Å². The fourth-order valence-electron chi connectivity index (χ4n) is 1.71. The van der Waals surface area contributed by atoms with Crippen molar-refractivity contribution in [3.05, 3.63) is 23.3 Å². The molecule has 0 radical (unpaired) electrons. The molecule has 2 N–H and O–H groups in total. The topological polar surface area (TPSA) is 40.5 Å². The number of aliphatic hydroxyl groups excluding tert-OH is 1. The van der Waals surface area contributed by atoms with E-state index in [4.69, 9.17) is 5.11 Å². The number of aliphatic hydroxyl groups is 2. The summed E-state index contributed by atoms with van der Waals surface area (Å²) in [6.45, 7) is 8.05. The fourth-order valence-corrected chi connectivity index (χ4v) is 1.71. The second kappa shape index (κ2) is 8.48. The summed E-state index contributed by atoms with van der Waals surface area (Å²) in [4.78, 5) is 0. The molecule has 2 nitrogen and oxygen atoms in total. The van der Waals surface area contributed by atoms with E-state index in [0.717, 1.165) is 32.1 Å². The van der Waals surface area contributed by atoms with Crippen LogP contribution in [-0.2, 0) is 0 Å². The molecule has 0 aliphatic rings. The highest BCUT2D eigenvalue weighted by atomic mass is 16.3. The summed E-state index contributed by atoms with van der Waals surface area (Å²) in [6.07, 6.45) is 9.13. The lowest BCUT2D eigenvalue weighted by Gasteiger charge is -2.16. The number of rotatable bonds is 8. The van der Waals surface area contributed by atoms with Gasteiger partial charge < -0.3 is 10.2 Å². The Labute approximate surface area is 106 Å². The van der Waals surface area contributed by atoms with E-state index in [0.29, 0.717) is 0 Å². The fraction of sp³-hybridized carbons (Fsp3) is 0.733. The molecule has 0 unspecified atom stereocenters. The van der Waals surface area contributed by atoms with Crippen molar-refractivity contribution in [3.63, 3.8) is 0 Å². The molecule has 0 rings (SSSR count). The van der Waals surface area contributed by atoms with Gasteiger partial charge in [0, 0.05) is 0 Å². The summed E-state index contributed by atoms with van der Waals surface area (Å²) in [6, 6.07) is 0. The summed E-state index contributed by atoms with van der Waals surface area (Å²) in [5.74, 6) is 0. The molecule has 0 fully saturated rings.